The molecule has 4 nitrogen and oxygen atoms in total. The van der Waals surface area contributed by atoms with Crippen LogP contribution in [0.4, 0.5) is 0 Å². The molecule has 6 heteroatoms. The Hall–Kier alpha value is -1.59. The van der Waals surface area contributed by atoms with Gasteiger partial charge in [-0.05, 0) is 37.6 Å². The smallest absolute Gasteiger partial charge is 0.138 e. The quantitative estimate of drug-likeness (QED) is 0.828. The van der Waals surface area contributed by atoms with Crippen molar-refractivity contribution < 1.29 is 4.74 Å². The van der Waals surface area contributed by atoms with E-state index in [1.54, 1.807) is 18.2 Å². The molecule has 0 aliphatic heterocycles. The van der Waals surface area contributed by atoms with Gasteiger partial charge in [-0.1, -0.05) is 30.7 Å². The lowest BCUT2D eigenvalue weighted by atomic mass is 10.2. The van der Waals surface area contributed by atoms with Gasteiger partial charge < -0.3 is 10.5 Å². The molecule has 112 valence electrons. The molecular formula is C15H18ClN3OS. The molecule has 0 radical (unpaired) electrons. The molecule has 0 saturated heterocycles. The zero-order valence-corrected chi connectivity index (χ0v) is 13.7. The van der Waals surface area contributed by atoms with Crippen molar-refractivity contribution in [3.8, 4) is 5.75 Å². The number of nitrogens with two attached hydrogens (primary N) is 1. The van der Waals surface area contributed by atoms with Crippen LogP contribution in [0, 0.1) is 0 Å². The summed E-state index contributed by atoms with van der Waals surface area (Å²) in [5.41, 5.74) is 8.40. The Morgan fingerprint density at radius 1 is 1.38 bits per heavy atom. The van der Waals surface area contributed by atoms with Gasteiger partial charge >= 0.3 is 0 Å². The second kappa shape index (κ2) is 6.91. The van der Waals surface area contributed by atoms with E-state index in [-0.39, 0.29) is 0 Å². The van der Waals surface area contributed by atoms with Crippen LogP contribution in [0.25, 0.3) is 0 Å². The predicted octanol–water partition coefficient (Wildman–Crippen LogP) is 3.33. The number of thiocarbonyl (C=S) groups is 1. The van der Waals surface area contributed by atoms with E-state index in [2.05, 4.69) is 25.0 Å². The highest BCUT2D eigenvalue weighted by Gasteiger charge is 2.09. The van der Waals surface area contributed by atoms with E-state index in [1.165, 1.54) is 0 Å². The van der Waals surface area contributed by atoms with Crippen molar-refractivity contribution in [3.63, 3.8) is 0 Å². The SMILES string of the molecule is CCc1cc(COc2ccc(C(N)=S)cc2Cl)n(CC)n1. The molecule has 2 aromatic rings. The molecular weight excluding hydrogens is 306 g/mol. The molecule has 2 N–H and O–H groups in total. The second-order valence-corrected chi connectivity index (χ2v) is 5.44. The van der Waals surface area contributed by atoms with Crippen LogP contribution in [0.1, 0.15) is 30.8 Å². The fraction of sp³-hybridized carbons (Fsp3) is 0.333. The molecule has 1 heterocycles. The molecule has 0 fully saturated rings. The lowest BCUT2D eigenvalue weighted by Crippen LogP contribution is -2.09. The lowest BCUT2D eigenvalue weighted by Gasteiger charge is -2.10. The summed E-state index contributed by atoms with van der Waals surface area (Å²) >= 11 is 11.1. The number of aromatic nitrogens is 2. The molecule has 1 aromatic carbocycles. The minimum atomic E-state index is 0.320. The van der Waals surface area contributed by atoms with Gasteiger partial charge in [0.05, 0.1) is 16.4 Å². The van der Waals surface area contributed by atoms with Gasteiger partial charge in [-0.3, -0.25) is 4.68 Å². The van der Waals surface area contributed by atoms with Crippen molar-refractivity contribution in [2.45, 2.75) is 33.4 Å². The van der Waals surface area contributed by atoms with Crippen molar-refractivity contribution in [1.29, 1.82) is 0 Å². The van der Waals surface area contributed by atoms with Gasteiger partial charge in [0.25, 0.3) is 0 Å². The molecule has 0 bridgehead atoms. The highest BCUT2D eigenvalue weighted by Crippen LogP contribution is 2.26. The number of aryl methyl sites for hydroxylation is 2. The van der Waals surface area contributed by atoms with E-state index in [9.17, 15) is 0 Å². The maximum absolute atomic E-state index is 6.18. The van der Waals surface area contributed by atoms with Gasteiger partial charge in [0.15, 0.2) is 0 Å². The van der Waals surface area contributed by atoms with Crippen molar-refractivity contribution in [3.05, 3.63) is 46.2 Å². The summed E-state index contributed by atoms with van der Waals surface area (Å²) in [5.74, 6) is 0.610. The Labute approximate surface area is 134 Å². The summed E-state index contributed by atoms with van der Waals surface area (Å²) in [6.07, 6.45) is 0.906. The van der Waals surface area contributed by atoms with E-state index in [0.717, 1.165) is 29.9 Å². The van der Waals surface area contributed by atoms with Gasteiger partial charge in [-0.15, -0.1) is 0 Å². The molecule has 0 aliphatic rings. The molecule has 0 amide bonds. The number of benzene rings is 1. The van der Waals surface area contributed by atoms with Gasteiger partial charge in [-0.25, -0.2) is 0 Å². The third-order valence-corrected chi connectivity index (χ3v) is 3.70. The second-order valence-electron chi connectivity index (χ2n) is 4.59. The van der Waals surface area contributed by atoms with Crippen LogP contribution >= 0.6 is 23.8 Å². The van der Waals surface area contributed by atoms with Gasteiger partial charge in [0, 0.05) is 12.1 Å². The molecule has 0 spiro atoms. The normalized spacial score (nSPS) is 10.6. The van der Waals surface area contributed by atoms with Crippen LogP contribution < -0.4 is 10.5 Å². The number of ether oxygens (including phenoxy) is 1. The maximum Gasteiger partial charge on any atom is 0.138 e. The Balaban J connectivity index is 2.13. The third kappa shape index (κ3) is 3.74. The van der Waals surface area contributed by atoms with E-state index in [4.69, 9.17) is 34.3 Å². The first kappa shape index (κ1) is 15.8. The Kier molecular flexibility index (Phi) is 5.20. The predicted molar refractivity (Wildman–Crippen MR) is 89.0 cm³/mol. The number of hydrogen-bond donors (Lipinski definition) is 1. The standard InChI is InChI=1S/C15H18ClN3OS/c1-3-11-8-12(19(4-2)18-11)9-20-14-6-5-10(15(17)21)7-13(14)16/h5-8H,3-4,9H2,1-2H3,(H2,17,21). The fourth-order valence-corrected chi connectivity index (χ4v) is 2.36. The number of rotatable bonds is 6. The molecule has 0 atom stereocenters. The summed E-state index contributed by atoms with van der Waals surface area (Å²) in [6.45, 7) is 5.37. The van der Waals surface area contributed by atoms with Crippen molar-refractivity contribution in [2.24, 2.45) is 5.73 Å². The highest BCUT2D eigenvalue weighted by atomic mass is 35.5. The molecule has 1 aromatic heterocycles. The average Bonchev–Trinajstić information content (AvgIpc) is 2.88. The van der Waals surface area contributed by atoms with Crippen LogP contribution in [0.15, 0.2) is 24.3 Å². The van der Waals surface area contributed by atoms with Crippen molar-refractivity contribution >= 4 is 28.8 Å². The summed E-state index contributed by atoms with van der Waals surface area (Å²) in [6, 6.07) is 7.36. The topological polar surface area (TPSA) is 53.1 Å². The summed E-state index contributed by atoms with van der Waals surface area (Å²) in [7, 11) is 0. The summed E-state index contributed by atoms with van der Waals surface area (Å²) in [5, 5.41) is 4.99. The van der Waals surface area contributed by atoms with Crippen LogP contribution in [0.2, 0.25) is 5.02 Å². The minimum Gasteiger partial charge on any atom is -0.486 e. The van der Waals surface area contributed by atoms with E-state index < -0.39 is 0 Å². The first-order chi connectivity index (χ1) is 10.0. The summed E-state index contributed by atoms with van der Waals surface area (Å²) < 4.78 is 7.72. The zero-order valence-electron chi connectivity index (χ0n) is 12.1. The van der Waals surface area contributed by atoms with Crippen LogP contribution in [0.5, 0.6) is 5.75 Å². The average molecular weight is 324 g/mol. The van der Waals surface area contributed by atoms with Crippen LogP contribution in [-0.2, 0) is 19.6 Å². The zero-order chi connectivity index (χ0) is 15.4. The third-order valence-electron chi connectivity index (χ3n) is 3.17. The molecule has 0 saturated carbocycles. The van der Waals surface area contributed by atoms with E-state index >= 15 is 0 Å². The van der Waals surface area contributed by atoms with Crippen molar-refractivity contribution in [1.82, 2.24) is 9.78 Å². The van der Waals surface area contributed by atoms with Gasteiger partial charge in [0.1, 0.15) is 17.3 Å². The number of nitrogens with zero attached hydrogens (tertiary/aromatic N) is 2. The Morgan fingerprint density at radius 2 is 2.14 bits per heavy atom. The van der Waals surface area contributed by atoms with Gasteiger partial charge in [0.2, 0.25) is 0 Å². The van der Waals surface area contributed by atoms with Gasteiger partial charge in [-0.2, -0.15) is 5.10 Å². The molecule has 2 rings (SSSR count). The largest absolute Gasteiger partial charge is 0.486 e. The van der Waals surface area contributed by atoms with E-state index in [0.29, 0.717) is 22.4 Å². The van der Waals surface area contributed by atoms with E-state index in [1.807, 2.05) is 4.68 Å². The molecule has 21 heavy (non-hydrogen) atoms. The summed E-state index contributed by atoms with van der Waals surface area (Å²) in [4.78, 5) is 0.320. The Bertz CT molecular complexity index is 654. The fourth-order valence-electron chi connectivity index (χ4n) is 2.00. The number of halogens is 1. The molecule has 0 aliphatic carbocycles. The van der Waals surface area contributed by atoms with Crippen LogP contribution in [0.3, 0.4) is 0 Å². The molecule has 0 unspecified atom stereocenters. The number of hydrogen-bond acceptors (Lipinski definition) is 3. The first-order valence-corrected chi connectivity index (χ1v) is 7.61. The van der Waals surface area contributed by atoms with Crippen molar-refractivity contribution in [2.75, 3.05) is 0 Å². The highest BCUT2D eigenvalue weighted by molar-refractivity contribution is 7.80. The lowest BCUT2D eigenvalue weighted by molar-refractivity contribution is 0.292. The Morgan fingerprint density at radius 3 is 2.71 bits per heavy atom. The monoisotopic (exact) mass is 323 g/mol. The first-order valence-electron chi connectivity index (χ1n) is 6.82. The minimum absolute atomic E-state index is 0.320. The van der Waals surface area contributed by atoms with Crippen LogP contribution in [-0.4, -0.2) is 14.8 Å². The maximum atomic E-state index is 6.18.